The van der Waals surface area contributed by atoms with E-state index in [-0.39, 0.29) is 17.4 Å². The molecular weight excluding hydrogens is 396 g/mol. The molecule has 142 valence electrons. The van der Waals surface area contributed by atoms with E-state index < -0.39 is 0 Å². The lowest BCUT2D eigenvalue weighted by atomic mass is 9.99. The quantitative estimate of drug-likeness (QED) is 0.504. The molecule has 1 aromatic heterocycles. The van der Waals surface area contributed by atoms with Gasteiger partial charge >= 0.3 is 0 Å². The Balaban J connectivity index is 1.48. The molecule has 0 atom stereocenters. The van der Waals surface area contributed by atoms with Crippen LogP contribution < -0.4 is 5.32 Å². The third-order valence-corrected chi connectivity index (χ3v) is 5.96. The van der Waals surface area contributed by atoms with Crippen molar-refractivity contribution >= 4 is 40.7 Å². The van der Waals surface area contributed by atoms with E-state index in [1.54, 1.807) is 18.5 Å². The Morgan fingerprint density at radius 2 is 2.11 bits per heavy atom. The van der Waals surface area contributed by atoms with Crippen molar-refractivity contribution in [1.29, 1.82) is 0 Å². The Bertz CT molecular complexity index is 1080. The molecule has 4 rings (SSSR count). The highest BCUT2D eigenvalue weighted by molar-refractivity contribution is 7.99. The first-order valence-electron chi connectivity index (χ1n) is 8.76. The monoisotopic (exact) mass is 412 g/mol. The number of hydrogen-bond acceptors (Lipinski definition) is 5. The fourth-order valence-corrected chi connectivity index (χ4v) is 4.00. The number of halogens is 1. The highest BCUT2D eigenvalue weighted by Crippen LogP contribution is 2.26. The van der Waals surface area contributed by atoms with Crippen LogP contribution in [0.25, 0.3) is 5.69 Å². The molecule has 1 aliphatic heterocycles. The predicted octanol–water partition coefficient (Wildman–Crippen LogP) is 4.09. The number of fused-ring (bicyclic) bond motifs is 1. The molecule has 0 bridgehead atoms. The van der Waals surface area contributed by atoms with Crippen molar-refractivity contribution in [3.8, 4) is 5.69 Å². The number of carbonyl (C=O) groups is 2. The van der Waals surface area contributed by atoms with Crippen LogP contribution in [0.3, 0.4) is 0 Å². The second-order valence-electron chi connectivity index (χ2n) is 6.55. The summed E-state index contributed by atoms with van der Waals surface area (Å²) in [5, 5.41) is 12.2. The Hall–Kier alpha value is -2.64. The van der Waals surface area contributed by atoms with E-state index in [9.17, 15) is 9.59 Å². The number of ketones is 1. The fourth-order valence-electron chi connectivity index (χ4n) is 3.00. The number of rotatable bonds is 5. The molecule has 0 saturated carbocycles. The van der Waals surface area contributed by atoms with E-state index in [1.807, 2.05) is 35.8 Å². The first-order chi connectivity index (χ1) is 13.5. The van der Waals surface area contributed by atoms with E-state index in [0.717, 1.165) is 22.5 Å². The second-order valence-corrected chi connectivity index (χ2v) is 7.90. The molecule has 0 fully saturated rings. The molecule has 0 radical (unpaired) electrons. The van der Waals surface area contributed by atoms with E-state index in [4.69, 9.17) is 11.6 Å². The van der Waals surface area contributed by atoms with Crippen LogP contribution in [0.5, 0.6) is 0 Å². The molecule has 1 aliphatic rings. The number of nitrogens with zero attached hydrogens (tertiary/aromatic N) is 3. The van der Waals surface area contributed by atoms with E-state index in [1.165, 1.54) is 11.8 Å². The summed E-state index contributed by atoms with van der Waals surface area (Å²) in [7, 11) is 0. The van der Waals surface area contributed by atoms with Crippen molar-refractivity contribution in [3.63, 3.8) is 0 Å². The summed E-state index contributed by atoms with van der Waals surface area (Å²) in [5.74, 6) is 0.252. The van der Waals surface area contributed by atoms with Gasteiger partial charge in [-0.2, -0.15) is 0 Å². The van der Waals surface area contributed by atoms with Crippen molar-refractivity contribution in [2.75, 3.05) is 11.1 Å². The molecule has 3 aromatic rings. The van der Waals surface area contributed by atoms with E-state index in [2.05, 4.69) is 15.5 Å². The first kappa shape index (κ1) is 18.7. The van der Waals surface area contributed by atoms with Gasteiger partial charge in [0.25, 0.3) is 0 Å². The molecule has 28 heavy (non-hydrogen) atoms. The van der Waals surface area contributed by atoms with Gasteiger partial charge in [0, 0.05) is 22.7 Å². The highest BCUT2D eigenvalue weighted by atomic mass is 35.5. The van der Waals surface area contributed by atoms with Gasteiger partial charge in [-0.1, -0.05) is 29.4 Å². The maximum Gasteiger partial charge on any atom is 0.224 e. The number of aryl methyl sites for hydroxylation is 2. The molecule has 2 heterocycles. The summed E-state index contributed by atoms with van der Waals surface area (Å²) < 4.78 is 1.81. The van der Waals surface area contributed by atoms with Crippen LogP contribution in [-0.4, -0.2) is 32.2 Å². The van der Waals surface area contributed by atoms with Crippen molar-refractivity contribution in [2.45, 2.75) is 24.9 Å². The Morgan fingerprint density at radius 1 is 1.25 bits per heavy atom. The Labute approximate surface area is 171 Å². The third kappa shape index (κ3) is 3.81. The lowest BCUT2D eigenvalue weighted by Crippen LogP contribution is -2.19. The maximum absolute atomic E-state index is 12.6. The minimum Gasteiger partial charge on any atom is -0.326 e. The summed E-state index contributed by atoms with van der Waals surface area (Å²) in [6.45, 7) is 1.94. The van der Waals surface area contributed by atoms with Gasteiger partial charge in [-0.05, 0) is 54.8 Å². The molecule has 6 nitrogen and oxygen atoms in total. The van der Waals surface area contributed by atoms with E-state index in [0.29, 0.717) is 28.6 Å². The SMILES string of the molecule is Cc1ccc(-n2cnnc2SCC(=O)c2ccc3c(c2)CCC(=O)N3)cc1Cl. The number of thioether (sulfide) groups is 1. The molecule has 1 N–H and O–H groups in total. The predicted molar refractivity (Wildman–Crippen MR) is 110 cm³/mol. The van der Waals surface area contributed by atoms with Crippen LogP contribution in [0.2, 0.25) is 5.02 Å². The summed E-state index contributed by atoms with van der Waals surface area (Å²) in [4.78, 5) is 24.1. The van der Waals surface area contributed by atoms with Gasteiger partial charge in [0.15, 0.2) is 10.9 Å². The molecule has 0 saturated heterocycles. The lowest BCUT2D eigenvalue weighted by molar-refractivity contribution is -0.116. The number of benzene rings is 2. The van der Waals surface area contributed by atoms with Crippen LogP contribution >= 0.6 is 23.4 Å². The lowest BCUT2D eigenvalue weighted by Gasteiger charge is -2.17. The minimum atomic E-state index is 0.00110. The van der Waals surface area contributed by atoms with Crippen molar-refractivity contribution in [1.82, 2.24) is 14.8 Å². The molecule has 0 aliphatic carbocycles. The van der Waals surface area contributed by atoms with Crippen molar-refractivity contribution in [3.05, 3.63) is 64.4 Å². The number of amides is 1. The van der Waals surface area contributed by atoms with Crippen LogP contribution in [-0.2, 0) is 11.2 Å². The number of nitrogens with one attached hydrogen (secondary N) is 1. The zero-order valence-electron chi connectivity index (χ0n) is 15.1. The standard InChI is InChI=1S/C20H17ClN4O2S/c1-12-2-5-15(9-16(12)21)25-11-22-24-20(25)28-10-18(26)14-3-6-17-13(8-14)4-7-19(27)23-17/h2-3,5-6,8-9,11H,4,7,10H2,1H3,(H,23,27). The van der Waals surface area contributed by atoms with Gasteiger partial charge in [0.05, 0.1) is 11.4 Å². The average molecular weight is 413 g/mol. The number of carbonyl (C=O) groups excluding carboxylic acids is 2. The van der Waals surface area contributed by atoms with Crippen LogP contribution in [0, 0.1) is 6.92 Å². The van der Waals surface area contributed by atoms with E-state index >= 15 is 0 Å². The summed E-state index contributed by atoms with van der Waals surface area (Å²) in [6.07, 6.45) is 2.70. The zero-order chi connectivity index (χ0) is 19.7. The summed E-state index contributed by atoms with van der Waals surface area (Å²) in [5.41, 5.74) is 4.25. The molecule has 8 heteroatoms. The Kier molecular flexibility index (Phi) is 5.19. The van der Waals surface area contributed by atoms with Crippen LogP contribution in [0.15, 0.2) is 47.9 Å². The summed E-state index contributed by atoms with van der Waals surface area (Å²) in [6, 6.07) is 11.1. The average Bonchev–Trinajstić information content (AvgIpc) is 3.16. The van der Waals surface area contributed by atoms with Gasteiger partial charge in [0.1, 0.15) is 6.33 Å². The first-order valence-corrected chi connectivity index (χ1v) is 10.1. The maximum atomic E-state index is 12.6. The van der Waals surface area contributed by atoms with Crippen molar-refractivity contribution < 1.29 is 9.59 Å². The van der Waals surface area contributed by atoms with Gasteiger partial charge < -0.3 is 5.32 Å². The van der Waals surface area contributed by atoms with Gasteiger partial charge in [0.2, 0.25) is 5.91 Å². The minimum absolute atomic E-state index is 0.00110. The van der Waals surface area contributed by atoms with Gasteiger partial charge in [-0.25, -0.2) is 0 Å². The zero-order valence-corrected chi connectivity index (χ0v) is 16.7. The van der Waals surface area contributed by atoms with Gasteiger partial charge in [-0.3, -0.25) is 14.2 Å². The number of hydrogen-bond donors (Lipinski definition) is 1. The van der Waals surface area contributed by atoms with Crippen LogP contribution in [0.1, 0.15) is 27.9 Å². The number of Topliss-reactive ketones (excluding diaryl/α,β-unsaturated/α-hetero) is 1. The normalized spacial score (nSPS) is 13.1. The molecule has 1 amide bonds. The summed E-state index contributed by atoms with van der Waals surface area (Å²) >= 11 is 7.54. The molecule has 0 spiro atoms. The molecule has 2 aromatic carbocycles. The largest absolute Gasteiger partial charge is 0.326 e. The number of anilines is 1. The topological polar surface area (TPSA) is 76.9 Å². The molecule has 0 unspecified atom stereocenters. The number of aromatic nitrogens is 3. The van der Waals surface area contributed by atoms with Crippen molar-refractivity contribution in [2.24, 2.45) is 0 Å². The third-order valence-electron chi connectivity index (χ3n) is 4.61. The smallest absolute Gasteiger partial charge is 0.224 e. The fraction of sp³-hybridized carbons (Fsp3) is 0.200. The van der Waals surface area contributed by atoms with Crippen LogP contribution in [0.4, 0.5) is 5.69 Å². The Morgan fingerprint density at radius 3 is 2.93 bits per heavy atom. The second kappa shape index (κ2) is 7.77. The van der Waals surface area contributed by atoms with Gasteiger partial charge in [-0.15, -0.1) is 10.2 Å². The molecular formula is C20H17ClN4O2S. The highest BCUT2D eigenvalue weighted by Gasteiger charge is 2.17.